The highest BCUT2D eigenvalue weighted by Crippen LogP contribution is 2.18. The number of hydrogen-bond donors (Lipinski definition) is 1. The van der Waals surface area contributed by atoms with Gasteiger partial charge in [0.2, 0.25) is 5.91 Å². The van der Waals surface area contributed by atoms with Crippen molar-refractivity contribution in [2.75, 3.05) is 11.9 Å². The van der Waals surface area contributed by atoms with Gasteiger partial charge in [-0.25, -0.2) is 0 Å². The number of ether oxygens (including phenoxy) is 1. The monoisotopic (exact) mass is 435 g/mol. The van der Waals surface area contributed by atoms with Crippen molar-refractivity contribution < 1.29 is 9.53 Å². The maximum atomic E-state index is 12.0. The summed E-state index contributed by atoms with van der Waals surface area (Å²) < 4.78 is 6.78. The summed E-state index contributed by atoms with van der Waals surface area (Å²) >= 11 is 2.26. The van der Waals surface area contributed by atoms with Gasteiger partial charge in [-0.15, -0.1) is 0 Å². The second-order valence-corrected chi connectivity index (χ2v) is 6.80. The molecule has 2 aromatic carbocycles. The first-order chi connectivity index (χ1) is 11.6. The molecule has 0 aromatic heterocycles. The molecular formula is C20H22INO2. The van der Waals surface area contributed by atoms with Crippen LogP contribution in [0.1, 0.15) is 30.9 Å². The van der Waals surface area contributed by atoms with E-state index in [4.69, 9.17) is 4.74 Å². The fourth-order valence-corrected chi connectivity index (χ4v) is 2.77. The molecule has 0 spiro atoms. The summed E-state index contributed by atoms with van der Waals surface area (Å²) in [6.45, 7) is 4.86. The number of carbonyl (C=O) groups excluding carboxylic acids is 1. The van der Waals surface area contributed by atoms with E-state index >= 15 is 0 Å². The Balaban J connectivity index is 1.91. The number of benzene rings is 2. The number of carbonyl (C=O) groups is 1. The fraction of sp³-hybridized carbons (Fsp3) is 0.250. The molecule has 0 atom stereocenters. The van der Waals surface area contributed by atoms with Crippen LogP contribution in [-0.2, 0) is 4.79 Å². The summed E-state index contributed by atoms with van der Waals surface area (Å²) in [5, 5.41) is 2.90. The Bertz CT molecular complexity index is 708. The number of amides is 1. The highest BCUT2D eigenvalue weighted by atomic mass is 127. The summed E-state index contributed by atoms with van der Waals surface area (Å²) in [4.78, 5) is 12.0. The van der Waals surface area contributed by atoms with Gasteiger partial charge in [-0.3, -0.25) is 4.79 Å². The molecule has 1 amide bonds. The molecule has 0 unspecified atom stereocenters. The molecule has 0 radical (unpaired) electrons. The number of rotatable bonds is 7. The molecule has 126 valence electrons. The van der Waals surface area contributed by atoms with E-state index in [-0.39, 0.29) is 5.91 Å². The fourth-order valence-electron chi connectivity index (χ4n) is 2.12. The van der Waals surface area contributed by atoms with E-state index in [9.17, 15) is 4.79 Å². The third-order valence-corrected chi connectivity index (χ3v) is 4.19. The molecule has 0 fully saturated rings. The average Bonchev–Trinajstić information content (AvgIpc) is 2.57. The van der Waals surface area contributed by atoms with Crippen molar-refractivity contribution in [3.05, 3.63) is 63.2 Å². The molecule has 0 aliphatic rings. The van der Waals surface area contributed by atoms with Gasteiger partial charge >= 0.3 is 0 Å². The van der Waals surface area contributed by atoms with Gasteiger partial charge in [0.1, 0.15) is 5.75 Å². The smallest absolute Gasteiger partial charge is 0.248 e. The molecule has 0 bridgehead atoms. The zero-order chi connectivity index (χ0) is 17.4. The molecule has 0 saturated carbocycles. The zero-order valence-electron chi connectivity index (χ0n) is 14.0. The van der Waals surface area contributed by atoms with Crippen LogP contribution in [0.5, 0.6) is 5.75 Å². The van der Waals surface area contributed by atoms with Crippen LogP contribution >= 0.6 is 22.6 Å². The third-order valence-electron chi connectivity index (χ3n) is 3.52. The Hall–Kier alpha value is -1.82. The van der Waals surface area contributed by atoms with Crippen molar-refractivity contribution in [2.24, 2.45) is 0 Å². The lowest BCUT2D eigenvalue weighted by atomic mass is 10.2. The van der Waals surface area contributed by atoms with Crippen LogP contribution in [0.2, 0.25) is 0 Å². The summed E-state index contributed by atoms with van der Waals surface area (Å²) in [5.74, 6) is 0.724. The number of aryl methyl sites for hydroxylation is 1. The van der Waals surface area contributed by atoms with Crippen LogP contribution < -0.4 is 10.1 Å². The molecule has 0 aliphatic carbocycles. The number of halogens is 1. The number of hydrogen-bond acceptors (Lipinski definition) is 2. The van der Waals surface area contributed by atoms with Gasteiger partial charge in [0.05, 0.1) is 6.61 Å². The molecular weight excluding hydrogens is 413 g/mol. The number of unbranched alkanes of at least 4 members (excludes halogenated alkanes) is 1. The average molecular weight is 435 g/mol. The summed E-state index contributed by atoms with van der Waals surface area (Å²) in [6.07, 6.45) is 5.52. The minimum atomic E-state index is -0.136. The van der Waals surface area contributed by atoms with E-state index < -0.39 is 0 Å². The predicted molar refractivity (Wildman–Crippen MR) is 108 cm³/mol. The summed E-state index contributed by atoms with van der Waals surface area (Å²) in [5.41, 5.74) is 2.86. The van der Waals surface area contributed by atoms with E-state index in [1.807, 2.05) is 49.4 Å². The normalized spacial score (nSPS) is 10.8. The highest BCUT2D eigenvalue weighted by Gasteiger charge is 2.02. The van der Waals surface area contributed by atoms with Gasteiger partial charge in [-0.1, -0.05) is 25.5 Å². The Kier molecular flexibility index (Phi) is 7.31. The lowest BCUT2D eigenvalue weighted by molar-refractivity contribution is -0.111. The Morgan fingerprint density at radius 2 is 1.96 bits per heavy atom. The van der Waals surface area contributed by atoms with Gasteiger partial charge in [0.25, 0.3) is 0 Å². The van der Waals surface area contributed by atoms with Crippen molar-refractivity contribution in [2.45, 2.75) is 26.7 Å². The molecule has 2 aromatic rings. The van der Waals surface area contributed by atoms with Gasteiger partial charge in [0, 0.05) is 15.3 Å². The first-order valence-corrected chi connectivity index (χ1v) is 9.14. The molecule has 4 heteroatoms. The minimum absolute atomic E-state index is 0.136. The van der Waals surface area contributed by atoms with E-state index in [0.29, 0.717) is 0 Å². The van der Waals surface area contributed by atoms with Crippen molar-refractivity contribution in [3.63, 3.8) is 0 Å². The Morgan fingerprint density at radius 3 is 2.62 bits per heavy atom. The summed E-state index contributed by atoms with van der Waals surface area (Å²) in [7, 11) is 0. The molecule has 24 heavy (non-hydrogen) atoms. The number of nitrogens with one attached hydrogen (secondary N) is 1. The molecule has 0 saturated heterocycles. The molecule has 3 nitrogen and oxygen atoms in total. The second-order valence-electron chi connectivity index (χ2n) is 5.55. The van der Waals surface area contributed by atoms with Crippen molar-refractivity contribution in [1.82, 2.24) is 0 Å². The van der Waals surface area contributed by atoms with E-state index in [2.05, 4.69) is 34.8 Å². The van der Waals surface area contributed by atoms with Crippen molar-refractivity contribution >= 4 is 40.3 Å². The van der Waals surface area contributed by atoms with Crippen LogP contribution in [0, 0.1) is 10.5 Å². The van der Waals surface area contributed by atoms with Gasteiger partial charge in [-0.2, -0.15) is 0 Å². The van der Waals surface area contributed by atoms with Gasteiger partial charge in [0.15, 0.2) is 0 Å². The van der Waals surface area contributed by atoms with Gasteiger partial charge < -0.3 is 10.1 Å². The Labute approximate surface area is 157 Å². The van der Waals surface area contributed by atoms with Crippen LogP contribution in [-0.4, -0.2) is 12.5 Å². The zero-order valence-corrected chi connectivity index (χ0v) is 16.2. The summed E-state index contributed by atoms with van der Waals surface area (Å²) in [6, 6.07) is 13.7. The largest absolute Gasteiger partial charge is 0.494 e. The SMILES string of the molecule is CCCCOc1ccc(/C=C/C(=O)Nc2ccc(I)cc2C)cc1. The lowest BCUT2D eigenvalue weighted by Crippen LogP contribution is -2.08. The third kappa shape index (κ3) is 6.00. The first-order valence-electron chi connectivity index (χ1n) is 8.06. The molecule has 1 N–H and O–H groups in total. The highest BCUT2D eigenvalue weighted by molar-refractivity contribution is 14.1. The quantitative estimate of drug-likeness (QED) is 0.358. The van der Waals surface area contributed by atoms with Crippen LogP contribution in [0.4, 0.5) is 5.69 Å². The molecule has 0 aliphatic heterocycles. The maximum absolute atomic E-state index is 12.0. The van der Waals surface area contributed by atoms with E-state index in [0.717, 1.165) is 45.6 Å². The van der Waals surface area contributed by atoms with E-state index in [1.165, 1.54) is 0 Å². The first kappa shape index (κ1) is 18.5. The topological polar surface area (TPSA) is 38.3 Å². The predicted octanol–water partition coefficient (Wildman–Crippen LogP) is 5.43. The lowest BCUT2D eigenvalue weighted by Gasteiger charge is -2.07. The minimum Gasteiger partial charge on any atom is -0.494 e. The van der Waals surface area contributed by atoms with Crippen LogP contribution in [0.25, 0.3) is 6.08 Å². The van der Waals surface area contributed by atoms with Crippen LogP contribution in [0.3, 0.4) is 0 Å². The van der Waals surface area contributed by atoms with Crippen molar-refractivity contribution in [3.8, 4) is 5.75 Å². The molecule has 2 rings (SSSR count). The molecule has 0 heterocycles. The number of anilines is 1. The standard InChI is InChI=1S/C20H22INO2/c1-3-4-13-24-18-9-5-16(6-10-18)7-12-20(23)22-19-11-8-17(21)14-15(19)2/h5-12,14H,3-4,13H2,1-2H3,(H,22,23)/b12-7+. The van der Waals surface area contributed by atoms with Crippen LogP contribution in [0.15, 0.2) is 48.5 Å². The Morgan fingerprint density at radius 1 is 1.21 bits per heavy atom. The van der Waals surface area contributed by atoms with Gasteiger partial charge in [-0.05, 0) is 83.5 Å². The maximum Gasteiger partial charge on any atom is 0.248 e. The van der Waals surface area contributed by atoms with Crippen molar-refractivity contribution in [1.29, 1.82) is 0 Å². The second kappa shape index (κ2) is 9.47. The van der Waals surface area contributed by atoms with E-state index in [1.54, 1.807) is 12.2 Å².